The molecular formula is C31H35N5O7. The maximum Gasteiger partial charge on any atom is 0.258 e. The molecule has 3 amide bonds. The van der Waals surface area contributed by atoms with E-state index in [0.717, 1.165) is 11.1 Å². The van der Waals surface area contributed by atoms with Gasteiger partial charge in [-0.15, -0.1) is 0 Å². The Morgan fingerprint density at radius 2 is 1.81 bits per heavy atom. The fraction of sp³-hybridized carbons (Fsp3) is 0.355. The van der Waals surface area contributed by atoms with E-state index in [0.29, 0.717) is 29.4 Å². The van der Waals surface area contributed by atoms with Crippen LogP contribution in [-0.4, -0.2) is 92.2 Å². The number of fused-ring (bicyclic) bond motifs is 7. The standard InChI is InChI=1S/C31H35N5O7/c1-35(15-20-8-10-32-11-9-20)18-30(38)36-16-23-28(17-36)43-25-6-4-21(12-26(25)41-3)14-33-29(37)19-42-27-13-22(31(39)34-23)5-7-24(27)40-2/h4-13,23,28H,14-19H2,1-3H3,(H,33,37)(H,34,39)/t23-,28-/m0/s1. The summed E-state index contributed by atoms with van der Waals surface area (Å²) in [5, 5.41) is 5.85. The van der Waals surface area contributed by atoms with Crippen LogP contribution in [0.5, 0.6) is 23.0 Å². The second kappa shape index (κ2) is 13.4. The molecule has 0 unspecified atom stereocenters. The number of rotatable bonds is 6. The van der Waals surface area contributed by atoms with Gasteiger partial charge in [0.1, 0.15) is 6.10 Å². The molecule has 0 radical (unpaired) electrons. The van der Waals surface area contributed by atoms with Gasteiger partial charge in [0.2, 0.25) is 5.91 Å². The number of likely N-dealkylation sites (N-methyl/N-ethyl adjacent to an activating group) is 1. The van der Waals surface area contributed by atoms with Gasteiger partial charge in [0.15, 0.2) is 29.6 Å². The van der Waals surface area contributed by atoms with Crippen LogP contribution >= 0.6 is 0 Å². The number of likely N-dealkylation sites (tertiary alicyclic amines) is 1. The van der Waals surface area contributed by atoms with Gasteiger partial charge >= 0.3 is 0 Å². The molecule has 3 aromatic rings. The molecule has 43 heavy (non-hydrogen) atoms. The predicted molar refractivity (Wildman–Crippen MR) is 156 cm³/mol. The molecule has 3 aliphatic rings. The number of ether oxygens (including phenoxy) is 4. The topological polar surface area (TPSA) is 132 Å². The first kappa shape index (κ1) is 29.6. The Bertz CT molecular complexity index is 1470. The molecular weight excluding hydrogens is 554 g/mol. The van der Waals surface area contributed by atoms with E-state index in [-0.39, 0.29) is 56.3 Å². The van der Waals surface area contributed by atoms with Crippen LogP contribution in [0.3, 0.4) is 0 Å². The summed E-state index contributed by atoms with van der Waals surface area (Å²) in [6.45, 7) is 1.29. The maximum atomic E-state index is 13.4. The monoisotopic (exact) mass is 589 g/mol. The number of benzene rings is 2. The Balaban J connectivity index is 1.40. The zero-order chi connectivity index (χ0) is 30.3. The number of pyridine rings is 1. The Morgan fingerprint density at radius 1 is 1.02 bits per heavy atom. The minimum atomic E-state index is -0.553. The Morgan fingerprint density at radius 3 is 2.58 bits per heavy atom. The number of hydrogen-bond donors (Lipinski definition) is 2. The highest BCUT2D eigenvalue weighted by Gasteiger charge is 2.38. The molecule has 4 bridgehead atoms. The number of carbonyl (C=O) groups is 3. The van der Waals surface area contributed by atoms with Crippen molar-refractivity contribution in [2.75, 3.05) is 47.5 Å². The third-order valence-electron chi connectivity index (χ3n) is 7.32. The van der Waals surface area contributed by atoms with E-state index in [1.807, 2.05) is 30.1 Å². The average Bonchev–Trinajstić information content (AvgIpc) is 3.41. The van der Waals surface area contributed by atoms with Crippen molar-refractivity contribution in [1.82, 2.24) is 25.4 Å². The minimum absolute atomic E-state index is 0.0813. The molecule has 1 aromatic heterocycles. The zero-order valence-electron chi connectivity index (χ0n) is 24.4. The van der Waals surface area contributed by atoms with Gasteiger partial charge in [0, 0.05) is 37.6 Å². The summed E-state index contributed by atoms with van der Waals surface area (Å²) in [6.07, 6.45) is 2.89. The lowest BCUT2D eigenvalue weighted by molar-refractivity contribution is -0.131. The summed E-state index contributed by atoms with van der Waals surface area (Å²) in [6, 6.07) is 13.4. The van der Waals surface area contributed by atoms with Crippen molar-refractivity contribution in [3.05, 3.63) is 77.6 Å². The van der Waals surface area contributed by atoms with Gasteiger partial charge in [-0.05, 0) is 60.6 Å². The molecule has 0 spiro atoms. The van der Waals surface area contributed by atoms with Crippen LogP contribution in [0, 0.1) is 0 Å². The second-order valence-corrected chi connectivity index (χ2v) is 10.5. The summed E-state index contributed by atoms with van der Waals surface area (Å²) in [7, 11) is 4.90. The summed E-state index contributed by atoms with van der Waals surface area (Å²) >= 11 is 0. The first-order valence-electron chi connectivity index (χ1n) is 13.9. The van der Waals surface area contributed by atoms with Crippen LogP contribution < -0.4 is 29.6 Å². The number of amides is 3. The number of carbonyl (C=O) groups excluding carboxylic acids is 3. The van der Waals surface area contributed by atoms with E-state index < -0.39 is 12.1 Å². The molecule has 4 heterocycles. The van der Waals surface area contributed by atoms with Crippen LogP contribution in [0.4, 0.5) is 0 Å². The van der Waals surface area contributed by atoms with Crippen molar-refractivity contribution in [3.63, 3.8) is 0 Å². The van der Waals surface area contributed by atoms with Gasteiger partial charge < -0.3 is 34.5 Å². The third-order valence-corrected chi connectivity index (χ3v) is 7.32. The van der Waals surface area contributed by atoms with E-state index in [1.54, 1.807) is 41.6 Å². The quantitative estimate of drug-likeness (QED) is 0.440. The van der Waals surface area contributed by atoms with Gasteiger partial charge in [-0.3, -0.25) is 24.3 Å². The number of nitrogens with zero attached hydrogens (tertiary/aromatic N) is 3. The molecule has 0 saturated carbocycles. The molecule has 1 fully saturated rings. The van der Waals surface area contributed by atoms with Crippen LogP contribution in [-0.2, 0) is 22.7 Å². The first-order valence-corrected chi connectivity index (χ1v) is 13.9. The molecule has 12 nitrogen and oxygen atoms in total. The Kier molecular flexibility index (Phi) is 9.26. The van der Waals surface area contributed by atoms with Gasteiger partial charge in [-0.2, -0.15) is 0 Å². The summed E-state index contributed by atoms with van der Waals surface area (Å²) in [4.78, 5) is 47.0. The second-order valence-electron chi connectivity index (χ2n) is 10.5. The smallest absolute Gasteiger partial charge is 0.258 e. The SMILES string of the molecule is COc1ccc2cc1OCC(=O)NCc1ccc(c(OC)c1)O[C@H]1CN(C(=O)CN(C)Cc3ccncc3)C[C@@H]1NC2=O. The Hall–Kier alpha value is -4.84. The van der Waals surface area contributed by atoms with Gasteiger partial charge in [0.25, 0.3) is 11.8 Å². The van der Waals surface area contributed by atoms with Crippen molar-refractivity contribution in [2.45, 2.75) is 25.2 Å². The lowest BCUT2D eigenvalue weighted by Crippen LogP contribution is -2.45. The highest BCUT2D eigenvalue weighted by Crippen LogP contribution is 2.32. The lowest BCUT2D eigenvalue weighted by Gasteiger charge is -2.22. The van der Waals surface area contributed by atoms with E-state index in [1.165, 1.54) is 20.3 Å². The van der Waals surface area contributed by atoms with Crippen LogP contribution in [0.25, 0.3) is 0 Å². The highest BCUT2D eigenvalue weighted by atomic mass is 16.5. The van der Waals surface area contributed by atoms with Crippen LogP contribution in [0.15, 0.2) is 60.9 Å². The predicted octanol–water partition coefficient (Wildman–Crippen LogP) is 1.63. The number of aromatic nitrogens is 1. The van der Waals surface area contributed by atoms with Crippen LogP contribution in [0.2, 0.25) is 0 Å². The van der Waals surface area contributed by atoms with Crippen molar-refractivity contribution >= 4 is 17.7 Å². The lowest BCUT2D eigenvalue weighted by atomic mass is 10.1. The summed E-state index contributed by atoms with van der Waals surface area (Å²) < 4.78 is 23.1. The molecule has 12 heteroatoms. The maximum absolute atomic E-state index is 13.4. The van der Waals surface area contributed by atoms with E-state index in [2.05, 4.69) is 15.6 Å². The Labute approximate surface area is 249 Å². The van der Waals surface area contributed by atoms with Crippen molar-refractivity contribution < 1.29 is 33.3 Å². The zero-order valence-corrected chi connectivity index (χ0v) is 24.4. The van der Waals surface area contributed by atoms with Gasteiger partial charge in [0.05, 0.1) is 33.4 Å². The molecule has 226 valence electrons. The van der Waals surface area contributed by atoms with Crippen LogP contribution in [0.1, 0.15) is 21.5 Å². The summed E-state index contributed by atoms with van der Waals surface area (Å²) in [5.41, 5.74) is 2.16. The molecule has 3 aliphatic heterocycles. The molecule has 2 atom stereocenters. The van der Waals surface area contributed by atoms with Crippen molar-refractivity contribution in [2.24, 2.45) is 0 Å². The molecule has 2 N–H and O–H groups in total. The average molecular weight is 590 g/mol. The van der Waals surface area contributed by atoms with Gasteiger partial charge in [-0.1, -0.05) is 6.07 Å². The molecule has 1 saturated heterocycles. The van der Waals surface area contributed by atoms with E-state index in [4.69, 9.17) is 18.9 Å². The van der Waals surface area contributed by atoms with Gasteiger partial charge in [-0.25, -0.2) is 0 Å². The number of hydrogen-bond acceptors (Lipinski definition) is 9. The van der Waals surface area contributed by atoms with Crippen molar-refractivity contribution in [3.8, 4) is 23.0 Å². The normalized spacial score (nSPS) is 18.6. The number of methoxy groups -OCH3 is 2. The van der Waals surface area contributed by atoms with E-state index in [9.17, 15) is 14.4 Å². The molecule has 6 rings (SSSR count). The first-order chi connectivity index (χ1) is 20.8. The largest absolute Gasteiger partial charge is 0.493 e. The number of nitrogens with one attached hydrogen (secondary N) is 2. The fourth-order valence-electron chi connectivity index (χ4n) is 5.08. The fourth-order valence-corrected chi connectivity index (χ4v) is 5.08. The van der Waals surface area contributed by atoms with Crippen molar-refractivity contribution in [1.29, 1.82) is 0 Å². The molecule has 0 aliphatic carbocycles. The third kappa shape index (κ3) is 7.33. The molecule has 2 aromatic carbocycles. The summed E-state index contributed by atoms with van der Waals surface area (Å²) in [5.74, 6) is 0.770. The minimum Gasteiger partial charge on any atom is -0.493 e. The highest BCUT2D eigenvalue weighted by molar-refractivity contribution is 5.95. The van der Waals surface area contributed by atoms with E-state index >= 15 is 0 Å².